The molecule has 4 rings (SSSR count). The van der Waals surface area contributed by atoms with Gasteiger partial charge in [0.15, 0.2) is 6.61 Å². The Labute approximate surface area is 155 Å². The number of hydrogen-bond acceptors (Lipinski definition) is 6. The smallest absolute Gasteiger partial charge is 0.340 e. The van der Waals surface area contributed by atoms with Crippen LogP contribution in [0.4, 0.5) is 5.69 Å². The molecule has 3 aromatic rings. The van der Waals surface area contributed by atoms with E-state index in [0.29, 0.717) is 30.1 Å². The standard InChI is InChI=1S/C20H17N3O4/c24-18-11-6-12-23(18)16-10-5-4-9-15(16)20(25)26-13-17-21-22-19(27-17)14-7-2-1-3-8-14/h1-5,7-10H,6,11-13H2. The van der Waals surface area contributed by atoms with E-state index in [-0.39, 0.29) is 18.4 Å². The molecule has 1 saturated heterocycles. The van der Waals surface area contributed by atoms with Crippen molar-refractivity contribution < 1.29 is 18.7 Å². The largest absolute Gasteiger partial charge is 0.452 e. The van der Waals surface area contributed by atoms with Crippen LogP contribution in [0.5, 0.6) is 0 Å². The summed E-state index contributed by atoms with van der Waals surface area (Å²) in [7, 11) is 0. The van der Waals surface area contributed by atoms with E-state index in [2.05, 4.69) is 10.2 Å². The number of aromatic nitrogens is 2. The van der Waals surface area contributed by atoms with Crippen molar-refractivity contribution in [3.8, 4) is 11.5 Å². The first-order valence-corrected chi connectivity index (χ1v) is 8.67. The highest BCUT2D eigenvalue weighted by atomic mass is 16.5. The summed E-state index contributed by atoms with van der Waals surface area (Å²) in [5.41, 5.74) is 1.71. The fraction of sp³-hybridized carbons (Fsp3) is 0.200. The van der Waals surface area contributed by atoms with E-state index < -0.39 is 5.97 Å². The second-order valence-electron chi connectivity index (χ2n) is 6.11. The van der Waals surface area contributed by atoms with Crippen molar-refractivity contribution in [3.63, 3.8) is 0 Å². The summed E-state index contributed by atoms with van der Waals surface area (Å²) < 4.78 is 10.9. The van der Waals surface area contributed by atoms with Crippen LogP contribution >= 0.6 is 0 Å². The van der Waals surface area contributed by atoms with E-state index in [1.54, 1.807) is 29.2 Å². The van der Waals surface area contributed by atoms with E-state index in [9.17, 15) is 9.59 Å². The highest BCUT2D eigenvalue weighted by Crippen LogP contribution is 2.26. The third-order valence-electron chi connectivity index (χ3n) is 4.30. The van der Waals surface area contributed by atoms with Crippen LogP contribution in [-0.2, 0) is 16.1 Å². The topological polar surface area (TPSA) is 85.5 Å². The first kappa shape index (κ1) is 17.0. The number of benzene rings is 2. The van der Waals surface area contributed by atoms with Crippen molar-refractivity contribution in [2.24, 2.45) is 0 Å². The van der Waals surface area contributed by atoms with Crippen molar-refractivity contribution in [2.75, 3.05) is 11.4 Å². The lowest BCUT2D eigenvalue weighted by Crippen LogP contribution is -2.26. The minimum absolute atomic E-state index is 0.0136. The predicted octanol–water partition coefficient (Wildman–Crippen LogP) is 3.22. The average molecular weight is 363 g/mol. The van der Waals surface area contributed by atoms with Gasteiger partial charge in [0.25, 0.3) is 5.89 Å². The van der Waals surface area contributed by atoms with Gasteiger partial charge in [-0.3, -0.25) is 4.79 Å². The van der Waals surface area contributed by atoms with Gasteiger partial charge in [-0.15, -0.1) is 10.2 Å². The molecule has 0 aliphatic carbocycles. The number of esters is 1. The Kier molecular flexibility index (Phi) is 4.65. The molecule has 0 radical (unpaired) electrons. The Balaban J connectivity index is 1.46. The van der Waals surface area contributed by atoms with Crippen LogP contribution in [0, 0.1) is 0 Å². The van der Waals surface area contributed by atoms with Gasteiger partial charge in [-0.05, 0) is 30.7 Å². The summed E-state index contributed by atoms with van der Waals surface area (Å²) in [5.74, 6) is 0.0473. The zero-order chi connectivity index (χ0) is 18.6. The summed E-state index contributed by atoms with van der Waals surface area (Å²) in [6.45, 7) is 0.466. The van der Waals surface area contributed by atoms with Gasteiger partial charge in [-0.25, -0.2) is 4.79 Å². The molecule has 1 aliphatic heterocycles. The van der Waals surface area contributed by atoms with Gasteiger partial charge in [0, 0.05) is 18.5 Å². The number of para-hydroxylation sites is 1. The zero-order valence-electron chi connectivity index (χ0n) is 14.5. The van der Waals surface area contributed by atoms with Gasteiger partial charge in [0.05, 0.1) is 11.3 Å². The summed E-state index contributed by atoms with van der Waals surface area (Å²) in [4.78, 5) is 26.2. The third-order valence-corrected chi connectivity index (χ3v) is 4.30. The monoisotopic (exact) mass is 363 g/mol. The summed E-state index contributed by atoms with van der Waals surface area (Å²) in [6, 6.07) is 16.3. The fourth-order valence-corrected chi connectivity index (χ4v) is 3.00. The molecule has 27 heavy (non-hydrogen) atoms. The Morgan fingerprint density at radius 2 is 1.85 bits per heavy atom. The second-order valence-corrected chi connectivity index (χ2v) is 6.11. The molecule has 0 spiro atoms. The van der Waals surface area contributed by atoms with Crippen LogP contribution in [-0.4, -0.2) is 28.6 Å². The molecule has 136 valence electrons. The van der Waals surface area contributed by atoms with Crippen molar-refractivity contribution >= 4 is 17.6 Å². The number of rotatable bonds is 5. The molecule has 1 fully saturated rings. The van der Waals surface area contributed by atoms with Gasteiger partial charge >= 0.3 is 5.97 Å². The van der Waals surface area contributed by atoms with Crippen LogP contribution in [0.1, 0.15) is 29.1 Å². The fourth-order valence-electron chi connectivity index (χ4n) is 3.00. The average Bonchev–Trinajstić information content (AvgIpc) is 3.36. The maximum absolute atomic E-state index is 12.5. The molecule has 1 amide bonds. The van der Waals surface area contributed by atoms with Crippen LogP contribution in [0.3, 0.4) is 0 Å². The third kappa shape index (κ3) is 3.57. The Bertz CT molecular complexity index is 968. The zero-order valence-corrected chi connectivity index (χ0v) is 14.5. The molecular formula is C20H17N3O4. The lowest BCUT2D eigenvalue weighted by molar-refractivity contribution is -0.117. The van der Waals surface area contributed by atoms with Gasteiger partial charge in [-0.2, -0.15) is 0 Å². The number of amides is 1. The Morgan fingerprint density at radius 3 is 2.63 bits per heavy atom. The maximum Gasteiger partial charge on any atom is 0.340 e. The van der Waals surface area contributed by atoms with Crippen LogP contribution in [0.25, 0.3) is 11.5 Å². The Hall–Kier alpha value is -3.48. The summed E-state index contributed by atoms with van der Waals surface area (Å²) in [6.07, 6.45) is 1.28. The van der Waals surface area contributed by atoms with Crippen molar-refractivity contribution in [1.82, 2.24) is 10.2 Å². The second kappa shape index (κ2) is 7.41. The van der Waals surface area contributed by atoms with Gasteiger partial charge in [0.2, 0.25) is 11.8 Å². The number of nitrogens with zero attached hydrogens (tertiary/aromatic N) is 3. The normalized spacial score (nSPS) is 13.8. The van der Waals surface area contributed by atoms with E-state index in [1.165, 1.54) is 0 Å². The lowest BCUT2D eigenvalue weighted by Gasteiger charge is -2.18. The van der Waals surface area contributed by atoms with E-state index >= 15 is 0 Å². The SMILES string of the molecule is O=C(OCc1nnc(-c2ccccc2)o1)c1ccccc1N1CCCC1=O. The molecule has 2 heterocycles. The van der Waals surface area contributed by atoms with E-state index in [1.807, 2.05) is 30.3 Å². The molecule has 0 N–H and O–H groups in total. The summed E-state index contributed by atoms with van der Waals surface area (Å²) in [5, 5.41) is 7.88. The molecule has 0 unspecified atom stereocenters. The van der Waals surface area contributed by atoms with E-state index in [4.69, 9.17) is 9.15 Å². The Morgan fingerprint density at radius 1 is 1.07 bits per heavy atom. The number of anilines is 1. The minimum Gasteiger partial charge on any atom is -0.452 e. The highest BCUT2D eigenvalue weighted by Gasteiger charge is 2.26. The van der Waals surface area contributed by atoms with Gasteiger partial charge < -0.3 is 14.1 Å². The number of carbonyl (C=O) groups excluding carboxylic acids is 2. The number of carbonyl (C=O) groups is 2. The molecule has 7 heteroatoms. The first-order valence-electron chi connectivity index (χ1n) is 8.67. The molecule has 0 saturated carbocycles. The van der Waals surface area contributed by atoms with Crippen molar-refractivity contribution in [2.45, 2.75) is 19.4 Å². The molecule has 0 bridgehead atoms. The lowest BCUT2D eigenvalue weighted by atomic mass is 10.1. The van der Waals surface area contributed by atoms with Crippen LogP contribution < -0.4 is 4.90 Å². The molecule has 1 aliphatic rings. The molecule has 1 aromatic heterocycles. The minimum atomic E-state index is -0.537. The quantitative estimate of drug-likeness (QED) is 0.647. The van der Waals surface area contributed by atoms with Crippen LogP contribution in [0.2, 0.25) is 0 Å². The van der Waals surface area contributed by atoms with Gasteiger partial charge in [0.1, 0.15) is 0 Å². The molecule has 7 nitrogen and oxygen atoms in total. The van der Waals surface area contributed by atoms with Gasteiger partial charge in [-0.1, -0.05) is 30.3 Å². The van der Waals surface area contributed by atoms with Crippen LogP contribution in [0.15, 0.2) is 59.0 Å². The predicted molar refractivity (Wildman–Crippen MR) is 96.9 cm³/mol. The molecular weight excluding hydrogens is 346 g/mol. The van der Waals surface area contributed by atoms with Crippen molar-refractivity contribution in [1.29, 1.82) is 0 Å². The summed E-state index contributed by atoms with van der Waals surface area (Å²) >= 11 is 0. The highest BCUT2D eigenvalue weighted by molar-refractivity contribution is 6.03. The maximum atomic E-state index is 12.5. The number of hydrogen-bond donors (Lipinski definition) is 0. The molecule has 2 aromatic carbocycles. The molecule has 0 atom stereocenters. The van der Waals surface area contributed by atoms with E-state index in [0.717, 1.165) is 12.0 Å². The first-order chi connectivity index (χ1) is 13.2. The van der Waals surface area contributed by atoms with Crippen molar-refractivity contribution in [3.05, 3.63) is 66.1 Å². The number of ether oxygens (including phenoxy) is 1.